The Morgan fingerprint density at radius 3 is 2.63 bits per heavy atom. The van der Waals surface area contributed by atoms with E-state index >= 15 is 0 Å². The second kappa shape index (κ2) is 9.96. The summed E-state index contributed by atoms with van der Waals surface area (Å²) >= 11 is 13.4. The molecule has 2 heterocycles. The number of nitrogens with one attached hydrogen (secondary N) is 1. The van der Waals surface area contributed by atoms with E-state index < -0.39 is 0 Å². The number of benzene rings is 2. The minimum atomic E-state index is -0.113. The van der Waals surface area contributed by atoms with Crippen LogP contribution in [-0.4, -0.2) is 54.4 Å². The maximum absolute atomic E-state index is 12.2. The predicted octanol–water partition coefficient (Wildman–Crippen LogP) is 4.94. The molecule has 0 atom stereocenters. The molecule has 0 radical (unpaired) electrons. The van der Waals surface area contributed by atoms with Crippen molar-refractivity contribution in [2.45, 2.75) is 12.8 Å². The molecule has 0 aliphatic carbocycles. The van der Waals surface area contributed by atoms with Gasteiger partial charge in [0.15, 0.2) is 0 Å². The Hall–Kier alpha value is -1.86. The second-order valence-electron chi connectivity index (χ2n) is 7.42. The van der Waals surface area contributed by atoms with Gasteiger partial charge in [-0.3, -0.25) is 9.69 Å². The van der Waals surface area contributed by atoms with Crippen molar-refractivity contribution < 1.29 is 4.79 Å². The van der Waals surface area contributed by atoms with Crippen LogP contribution in [0.4, 0.5) is 5.82 Å². The van der Waals surface area contributed by atoms with Gasteiger partial charge >= 0.3 is 0 Å². The highest BCUT2D eigenvalue weighted by Gasteiger charge is 2.20. The zero-order chi connectivity index (χ0) is 20.9. The molecule has 0 saturated carbocycles. The molecular formula is C22H24Cl2N4OS. The maximum atomic E-state index is 12.2. The number of amides is 1. The van der Waals surface area contributed by atoms with E-state index in [-0.39, 0.29) is 5.91 Å². The molecule has 1 aliphatic heterocycles. The fourth-order valence-electron chi connectivity index (χ4n) is 3.69. The van der Waals surface area contributed by atoms with Crippen LogP contribution in [0.3, 0.4) is 0 Å². The number of piperazine rings is 1. The lowest BCUT2D eigenvalue weighted by Gasteiger charge is -2.35. The van der Waals surface area contributed by atoms with E-state index in [1.54, 1.807) is 29.7 Å². The molecule has 0 unspecified atom stereocenters. The van der Waals surface area contributed by atoms with Crippen molar-refractivity contribution in [2.24, 2.45) is 0 Å². The Bertz CT molecular complexity index is 1020. The number of fused-ring (bicyclic) bond motifs is 1. The van der Waals surface area contributed by atoms with Crippen molar-refractivity contribution in [1.82, 2.24) is 14.6 Å². The fraction of sp³-hybridized carbons (Fsp3) is 0.364. The zero-order valence-electron chi connectivity index (χ0n) is 16.6. The van der Waals surface area contributed by atoms with E-state index in [2.05, 4.69) is 43.8 Å². The van der Waals surface area contributed by atoms with Crippen molar-refractivity contribution in [3.05, 3.63) is 58.1 Å². The summed E-state index contributed by atoms with van der Waals surface area (Å²) in [5.41, 5.74) is 0.537. The number of halogens is 2. The third-order valence-electron chi connectivity index (χ3n) is 5.40. The van der Waals surface area contributed by atoms with Gasteiger partial charge in [0.05, 0.1) is 14.7 Å². The van der Waals surface area contributed by atoms with Crippen LogP contribution in [0, 0.1) is 0 Å². The third kappa shape index (κ3) is 5.06. The third-order valence-corrected chi connectivity index (χ3v) is 6.95. The first-order valence-electron chi connectivity index (χ1n) is 10.2. The van der Waals surface area contributed by atoms with E-state index in [1.165, 1.54) is 10.1 Å². The highest BCUT2D eigenvalue weighted by atomic mass is 35.5. The standard InChI is InChI=1S/C22H24Cl2N4OS/c23-18-8-7-16(15-19(18)24)22(29)25-9-3-4-10-27-11-13-28(14-12-27)21-17-5-1-2-6-20(17)30-26-21/h1-2,5-8,15H,3-4,9-14H2,(H,25,29). The number of hydrogen-bond acceptors (Lipinski definition) is 5. The van der Waals surface area contributed by atoms with Gasteiger partial charge in [-0.2, -0.15) is 4.37 Å². The van der Waals surface area contributed by atoms with Crippen LogP contribution in [0.2, 0.25) is 10.0 Å². The summed E-state index contributed by atoms with van der Waals surface area (Å²) in [4.78, 5) is 17.1. The predicted molar refractivity (Wildman–Crippen MR) is 126 cm³/mol. The van der Waals surface area contributed by atoms with E-state index in [0.29, 0.717) is 22.2 Å². The number of hydrogen-bond donors (Lipinski definition) is 1. The summed E-state index contributed by atoms with van der Waals surface area (Å²) < 4.78 is 5.92. The first-order valence-corrected chi connectivity index (χ1v) is 11.7. The lowest BCUT2D eigenvalue weighted by atomic mass is 10.2. The van der Waals surface area contributed by atoms with Crippen molar-refractivity contribution in [1.29, 1.82) is 0 Å². The van der Waals surface area contributed by atoms with Crippen LogP contribution in [0.1, 0.15) is 23.2 Å². The van der Waals surface area contributed by atoms with Crippen LogP contribution in [0.5, 0.6) is 0 Å². The average molecular weight is 463 g/mol. The Morgan fingerprint density at radius 2 is 1.83 bits per heavy atom. The van der Waals surface area contributed by atoms with E-state index in [9.17, 15) is 4.79 Å². The first kappa shape index (κ1) is 21.4. The minimum Gasteiger partial charge on any atom is -0.353 e. The summed E-state index contributed by atoms with van der Waals surface area (Å²) in [5.74, 6) is 1.01. The van der Waals surface area contributed by atoms with Gasteiger partial charge in [-0.15, -0.1) is 0 Å². The fourth-order valence-corrected chi connectivity index (χ4v) is 4.78. The molecule has 1 saturated heterocycles. The van der Waals surface area contributed by atoms with Gasteiger partial charge in [0.1, 0.15) is 5.82 Å². The smallest absolute Gasteiger partial charge is 0.251 e. The van der Waals surface area contributed by atoms with Crippen LogP contribution in [0.15, 0.2) is 42.5 Å². The van der Waals surface area contributed by atoms with Crippen LogP contribution < -0.4 is 10.2 Å². The zero-order valence-corrected chi connectivity index (χ0v) is 18.9. The molecule has 1 aromatic heterocycles. The summed E-state index contributed by atoms with van der Waals surface area (Å²) in [6.45, 7) is 5.80. The number of unbranched alkanes of at least 4 members (excludes halogenated alkanes) is 1. The van der Waals surface area contributed by atoms with Crippen LogP contribution in [-0.2, 0) is 0 Å². The topological polar surface area (TPSA) is 48.5 Å². The monoisotopic (exact) mass is 462 g/mol. The number of carbonyl (C=O) groups excluding carboxylic acids is 1. The van der Waals surface area contributed by atoms with Gasteiger partial charge in [-0.05, 0) is 61.3 Å². The maximum Gasteiger partial charge on any atom is 0.251 e. The van der Waals surface area contributed by atoms with Crippen LogP contribution >= 0.6 is 34.7 Å². The Balaban J connectivity index is 1.16. The van der Waals surface area contributed by atoms with Crippen molar-refractivity contribution in [3.63, 3.8) is 0 Å². The minimum absolute atomic E-state index is 0.113. The van der Waals surface area contributed by atoms with Crippen molar-refractivity contribution in [3.8, 4) is 0 Å². The highest BCUT2D eigenvalue weighted by molar-refractivity contribution is 7.13. The molecule has 1 aliphatic rings. The summed E-state index contributed by atoms with van der Waals surface area (Å²) in [7, 11) is 0. The van der Waals surface area contributed by atoms with Crippen LogP contribution in [0.25, 0.3) is 10.1 Å². The van der Waals surface area contributed by atoms with Gasteiger partial charge in [-0.1, -0.05) is 35.3 Å². The molecule has 3 aromatic rings. The summed E-state index contributed by atoms with van der Waals surface area (Å²) in [6, 6.07) is 13.4. The van der Waals surface area contributed by atoms with E-state index in [4.69, 9.17) is 23.2 Å². The lowest BCUT2D eigenvalue weighted by Crippen LogP contribution is -2.46. The number of carbonyl (C=O) groups is 1. The highest BCUT2D eigenvalue weighted by Crippen LogP contribution is 2.29. The summed E-state index contributed by atoms with van der Waals surface area (Å²) in [6.07, 6.45) is 2.01. The Morgan fingerprint density at radius 1 is 1.03 bits per heavy atom. The quantitative estimate of drug-likeness (QED) is 0.505. The van der Waals surface area contributed by atoms with E-state index in [0.717, 1.165) is 51.4 Å². The van der Waals surface area contributed by atoms with Gasteiger partial charge in [0.25, 0.3) is 5.91 Å². The average Bonchev–Trinajstić information content (AvgIpc) is 3.20. The Labute approximate surface area is 190 Å². The molecule has 1 amide bonds. The number of aromatic nitrogens is 1. The first-order chi connectivity index (χ1) is 14.6. The normalized spacial score (nSPS) is 14.9. The number of nitrogens with zero attached hydrogens (tertiary/aromatic N) is 3. The van der Waals surface area contributed by atoms with Gasteiger partial charge < -0.3 is 10.2 Å². The lowest BCUT2D eigenvalue weighted by molar-refractivity contribution is 0.0952. The molecule has 5 nitrogen and oxygen atoms in total. The molecule has 30 heavy (non-hydrogen) atoms. The number of rotatable bonds is 7. The Kier molecular flexibility index (Phi) is 7.10. The molecule has 0 spiro atoms. The molecule has 2 aromatic carbocycles. The summed E-state index contributed by atoms with van der Waals surface area (Å²) in [5, 5.41) is 5.06. The molecule has 1 fully saturated rings. The molecule has 158 valence electrons. The van der Waals surface area contributed by atoms with Gasteiger partial charge in [-0.25, -0.2) is 0 Å². The SMILES string of the molecule is O=C(NCCCCN1CCN(c2nsc3ccccc23)CC1)c1ccc(Cl)c(Cl)c1. The van der Waals surface area contributed by atoms with E-state index in [1.807, 2.05) is 0 Å². The second-order valence-corrected chi connectivity index (χ2v) is 9.04. The largest absolute Gasteiger partial charge is 0.353 e. The number of anilines is 1. The molecular weight excluding hydrogens is 439 g/mol. The molecule has 1 N–H and O–H groups in total. The molecule has 0 bridgehead atoms. The van der Waals surface area contributed by atoms with Crippen molar-refractivity contribution in [2.75, 3.05) is 44.2 Å². The molecule has 8 heteroatoms. The van der Waals surface area contributed by atoms with Crippen molar-refractivity contribution >= 4 is 56.5 Å². The van der Waals surface area contributed by atoms with Gasteiger partial charge in [0.2, 0.25) is 0 Å². The molecule has 4 rings (SSSR count). The van der Waals surface area contributed by atoms with Gasteiger partial charge in [0, 0.05) is 43.7 Å².